The van der Waals surface area contributed by atoms with E-state index in [0.717, 1.165) is 0 Å². The molecule has 0 unspecified atom stereocenters. The van der Waals surface area contributed by atoms with Crippen molar-refractivity contribution >= 4 is 21.6 Å². The molecular formula is C12H13ClN2O2S. The van der Waals surface area contributed by atoms with Gasteiger partial charge in [0.1, 0.15) is 0 Å². The highest BCUT2D eigenvalue weighted by atomic mass is 35.5. The molecule has 1 N–H and O–H groups in total. The Balaban J connectivity index is 2.92. The van der Waals surface area contributed by atoms with Crippen LogP contribution in [0.15, 0.2) is 35.2 Å². The lowest BCUT2D eigenvalue weighted by molar-refractivity contribution is 0.585. The summed E-state index contributed by atoms with van der Waals surface area (Å²) in [5.41, 5.74) is 0.983. The molecule has 0 aliphatic rings. The summed E-state index contributed by atoms with van der Waals surface area (Å²) in [4.78, 5) is 0.181. The Hall–Kier alpha value is -1.35. The number of rotatable bonds is 5. The Morgan fingerprint density at radius 3 is 2.72 bits per heavy atom. The van der Waals surface area contributed by atoms with E-state index in [1.165, 1.54) is 12.1 Å². The number of nitrogens with zero attached hydrogens (tertiary/aromatic N) is 1. The molecule has 0 saturated carbocycles. The van der Waals surface area contributed by atoms with Crippen molar-refractivity contribution in [2.45, 2.75) is 11.8 Å². The zero-order valence-corrected chi connectivity index (χ0v) is 11.4. The number of hydrogen-bond acceptors (Lipinski definition) is 3. The fraction of sp³-hybridized carbons (Fsp3) is 0.250. The third-order valence-corrected chi connectivity index (χ3v) is 4.00. The Morgan fingerprint density at radius 2 is 2.17 bits per heavy atom. The molecule has 0 aliphatic carbocycles. The topological polar surface area (TPSA) is 70.0 Å². The molecule has 0 radical (unpaired) electrons. The maximum absolute atomic E-state index is 12.0. The Labute approximate surface area is 112 Å². The Bertz CT molecular complexity index is 589. The third kappa shape index (κ3) is 3.84. The minimum Gasteiger partial charge on any atom is -0.207 e. The second kappa shape index (κ2) is 6.55. The Morgan fingerprint density at radius 1 is 1.44 bits per heavy atom. The number of allylic oxidation sites excluding steroid dienone is 1. The molecule has 0 bridgehead atoms. The van der Waals surface area contributed by atoms with Crippen LogP contribution in [-0.2, 0) is 10.0 Å². The molecule has 0 amide bonds. The standard InChI is InChI=1S/C12H13ClN2O2S/c1-10-8-11(9-14)4-5-12(10)18(16,17)15-7-3-2-6-13/h2-5,8,15H,6-7H2,1H3/b3-2+. The quantitative estimate of drug-likeness (QED) is 0.663. The first-order valence-electron chi connectivity index (χ1n) is 5.22. The first-order valence-corrected chi connectivity index (χ1v) is 7.24. The molecule has 18 heavy (non-hydrogen) atoms. The van der Waals surface area contributed by atoms with Crippen molar-refractivity contribution in [3.63, 3.8) is 0 Å². The van der Waals surface area contributed by atoms with E-state index in [1.54, 1.807) is 25.1 Å². The monoisotopic (exact) mass is 284 g/mol. The molecule has 1 aromatic rings. The van der Waals surface area contributed by atoms with E-state index in [-0.39, 0.29) is 11.4 Å². The molecule has 1 rings (SSSR count). The molecule has 0 heterocycles. The molecule has 0 aromatic heterocycles. The third-order valence-electron chi connectivity index (χ3n) is 2.24. The van der Waals surface area contributed by atoms with Crippen molar-refractivity contribution in [2.24, 2.45) is 0 Å². The molecule has 6 heteroatoms. The number of sulfonamides is 1. The van der Waals surface area contributed by atoms with Crippen LogP contribution in [0.2, 0.25) is 0 Å². The average molecular weight is 285 g/mol. The van der Waals surface area contributed by atoms with Crippen molar-refractivity contribution in [1.29, 1.82) is 5.26 Å². The van der Waals surface area contributed by atoms with Gasteiger partial charge < -0.3 is 0 Å². The zero-order chi connectivity index (χ0) is 13.6. The molecule has 1 aromatic carbocycles. The number of hydrogen-bond donors (Lipinski definition) is 1. The molecule has 0 spiro atoms. The summed E-state index contributed by atoms with van der Waals surface area (Å²) in [5.74, 6) is 0.345. The summed E-state index contributed by atoms with van der Waals surface area (Å²) < 4.78 is 26.3. The van der Waals surface area contributed by atoms with E-state index < -0.39 is 10.0 Å². The van der Waals surface area contributed by atoms with Crippen molar-refractivity contribution in [3.05, 3.63) is 41.5 Å². The van der Waals surface area contributed by atoms with Crippen LogP contribution in [-0.4, -0.2) is 20.8 Å². The number of halogens is 1. The van der Waals surface area contributed by atoms with Crippen molar-refractivity contribution < 1.29 is 8.42 Å². The average Bonchev–Trinajstić information content (AvgIpc) is 2.34. The lowest BCUT2D eigenvalue weighted by Crippen LogP contribution is -2.24. The van der Waals surface area contributed by atoms with E-state index in [9.17, 15) is 8.42 Å². The smallest absolute Gasteiger partial charge is 0.207 e. The van der Waals surface area contributed by atoms with Gasteiger partial charge in [-0.25, -0.2) is 13.1 Å². The van der Waals surface area contributed by atoms with E-state index in [4.69, 9.17) is 16.9 Å². The fourth-order valence-corrected chi connectivity index (χ4v) is 2.73. The summed E-state index contributed by atoms with van der Waals surface area (Å²) >= 11 is 5.43. The molecule has 4 nitrogen and oxygen atoms in total. The number of nitriles is 1. The van der Waals surface area contributed by atoms with Gasteiger partial charge in [0.25, 0.3) is 0 Å². The summed E-state index contributed by atoms with van der Waals surface area (Å²) in [6, 6.07) is 6.42. The lowest BCUT2D eigenvalue weighted by Gasteiger charge is -2.07. The first kappa shape index (κ1) is 14.7. The van der Waals surface area contributed by atoms with E-state index in [2.05, 4.69) is 4.72 Å². The number of alkyl halides is 1. The summed E-state index contributed by atoms with van der Waals surface area (Å²) in [6.07, 6.45) is 3.30. The molecule has 0 aliphatic heterocycles. The minimum atomic E-state index is -3.55. The van der Waals surface area contributed by atoms with Crippen molar-refractivity contribution in [1.82, 2.24) is 4.72 Å². The summed E-state index contributed by atoms with van der Waals surface area (Å²) in [7, 11) is -3.55. The number of aryl methyl sites for hydroxylation is 1. The number of benzene rings is 1. The normalized spacial score (nSPS) is 11.6. The van der Waals surface area contributed by atoms with Gasteiger partial charge in [0.05, 0.1) is 16.5 Å². The maximum atomic E-state index is 12.0. The molecular weight excluding hydrogens is 272 g/mol. The lowest BCUT2D eigenvalue weighted by atomic mass is 10.2. The van der Waals surface area contributed by atoms with E-state index >= 15 is 0 Å². The van der Waals surface area contributed by atoms with Gasteiger partial charge >= 0.3 is 0 Å². The molecule has 0 saturated heterocycles. The summed E-state index contributed by atoms with van der Waals surface area (Å²) in [5, 5.41) is 8.72. The van der Waals surface area contributed by atoms with Gasteiger partial charge in [-0.05, 0) is 30.7 Å². The van der Waals surface area contributed by atoms with Crippen LogP contribution in [0.5, 0.6) is 0 Å². The molecule has 0 atom stereocenters. The highest BCUT2D eigenvalue weighted by molar-refractivity contribution is 7.89. The molecule has 96 valence electrons. The largest absolute Gasteiger partial charge is 0.241 e. The molecule has 0 fully saturated rings. The van der Waals surface area contributed by atoms with Gasteiger partial charge in [-0.1, -0.05) is 12.2 Å². The van der Waals surface area contributed by atoms with Crippen LogP contribution < -0.4 is 4.72 Å². The van der Waals surface area contributed by atoms with Gasteiger partial charge in [-0.2, -0.15) is 5.26 Å². The van der Waals surface area contributed by atoms with E-state index in [1.807, 2.05) is 6.07 Å². The van der Waals surface area contributed by atoms with Crippen LogP contribution >= 0.6 is 11.6 Å². The maximum Gasteiger partial charge on any atom is 0.241 e. The fourth-order valence-electron chi connectivity index (χ4n) is 1.40. The minimum absolute atomic E-state index is 0.181. The van der Waals surface area contributed by atoms with Gasteiger partial charge in [0.2, 0.25) is 10.0 Å². The van der Waals surface area contributed by atoms with Gasteiger partial charge in [-0.15, -0.1) is 11.6 Å². The second-order valence-corrected chi connectivity index (χ2v) is 5.61. The summed E-state index contributed by atoms with van der Waals surface area (Å²) in [6.45, 7) is 1.85. The Kier molecular flexibility index (Phi) is 5.35. The van der Waals surface area contributed by atoms with Crippen LogP contribution in [0.4, 0.5) is 0 Å². The zero-order valence-electron chi connectivity index (χ0n) is 9.85. The SMILES string of the molecule is Cc1cc(C#N)ccc1S(=O)(=O)NC/C=C/CCl. The second-order valence-electron chi connectivity index (χ2n) is 3.57. The van der Waals surface area contributed by atoms with Gasteiger partial charge in [0, 0.05) is 12.4 Å². The van der Waals surface area contributed by atoms with Crippen LogP contribution in [0, 0.1) is 18.3 Å². The predicted octanol–water partition coefficient (Wildman–Crippen LogP) is 1.94. The van der Waals surface area contributed by atoms with Crippen LogP contribution in [0.3, 0.4) is 0 Å². The van der Waals surface area contributed by atoms with Crippen molar-refractivity contribution in [3.8, 4) is 6.07 Å². The highest BCUT2D eigenvalue weighted by Crippen LogP contribution is 2.16. The predicted molar refractivity (Wildman–Crippen MR) is 70.9 cm³/mol. The van der Waals surface area contributed by atoms with Crippen LogP contribution in [0.25, 0.3) is 0 Å². The number of nitrogens with one attached hydrogen (secondary N) is 1. The van der Waals surface area contributed by atoms with Crippen molar-refractivity contribution in [2.75, 3.05) is 12.4 Å². The highest BCUT2D eigenvalue weighted by Gasteiger charge is 2.15. The van der Waals surface area contributed by atoms with Crippen LogP contribution in [0.1, 0.15) is 11.1 Å². The van der Waals surface area contributed by atoms with E-state index in [0.29, 0.717) is 17.0 Å². The first-order chi connectivity index (χ1) is 8.51. The van der Waals surface area contributed by atoms with Gasteiger partial charge in [0.15, 0.2) is 0 Å². The van der Waals surface area contributed by atoms with Gasteiger partial charge in [-0.3, -0.25) is 0 Å².